The first-order chi connectivity index (χ1) is 9.15. The third-order valence-corrected chi connectivity index (χ3v) is 3.19. The first-order valence-corrected chi connectivity index (χ1v) is 6.26. The zero-order chi connectivity index (χ0) is 15.5. The summed E-state index contributed by atoms with van der Waals surface area (Å²) >= 11 is 11.7. The Bertz CT molecular complexity index is 525. The van der Waals surface area contributed by atoms with Crippen molar-refractivity contribution in [3.8, 4) is 5.75 Å². The van der Waals surface area contributed by atoms with E-state index in [1.54, 1.807) is 0 Å². The summed E-state index contributed by atoms with van der Waals surface area (Å²) in [6, 6.07) is 2.25. The Balaban J connectivity index is 2.80. The summed E-state index contributed by atoms with van der Waals surface area (Å²) < 4.78 is 5.31. The number of amides is 1. The van der Waals surface area contributed by atoms with Gasteiger partial charge in [0.25, 0.3) is 5.69 Å². The van der Waals surface area contributed by atoms with E-state index in [4.69, 9.17) is 39.4 Å². The second-order valence-electron chi connectivity index (χ2n) is 4.38. The van der Waals surface area contributed by atoms with E-state index in [-0.39, 0.29) is 34.5 Å². The molecule has 1 atom stereocenters. The van der Waals surface area contributed by atoms with E-state index in [0.29, 0.717) is 0 Å². The van der Waals surface area contributed by atoms with Gasteiger partial charge in [-0.2, -0.15) is 0 Å². The van der Waals surface area contributed by atoms with Crippen LogP contribution in [0.3, 0.4) is 0 Å². The third-order valence-electron chi connectivity index (χ3n) is 2.62. The predicted molar refractivity (Wildman–Crippen MR) is 75.0 cm³/mol. The van der Waals surface area contributed by atoms with Gasteiger partial charge < -0.3 is 16.2 Å². The molecule has 0 aliphatic rings. The van der Waals surface area contributed by atoms with Crippen LogP contribution in [0.5, 0.6) is 5.75 Å². The van der Waals surface area contributed by atoms with Gasteiger partial charge in [0.15, 0.2) is 5.75 Å². The molecular weight excluding hydrogens is 309 g/mol. The fraction of sp³-hybridized carbons (Fsp3) is 0.364. The van der Waals surface area contributed by atoms with Crippen LogP contribution in [0.2, 0.25) is 10.0 Å². The fourth-order valence-corrected chi connectivity index (χ4v) is 1.86. The van der Waals surface area contributed by atoms with Crippen LogP contribution in [0, 0.1) is 10.1 Å². The van der Waals surface area contributed by atoms with Crippen LogP contribution >= 0.6 is 23.2 Å². The molecule has 0 spiro atoms. The number of non-ortho nitro benzene ring substituents is 1. The molecule has 1 rings (SSSR count). The van der Waals surface area contributed by atoms with Gasteiger partial charge in [0.2, 0.25) is 5.91 Å². The molecule has 4 N–H and O–H groups in total. The van der Waals surface area contributed by atoms with Gasteiger partial charge in [-0.25, -0.2) is 0 Å². The van der Waals surface area contributed by atoms with Crippen molar-refractivity contribution in [2.45, 2.75) is 18.9 Å². The van der Waals surface area contributed by atoms with E-state index < -0.39 is 16.4 Å². The number of halogens is 2. The van der Waals surface area contributed by atoms with Crippen LogP contribution in [-0.2, 0) is 4.79 Å². The molecular formula is C11H13Cl2N3O4. The maximum absolute atomic E-state index is 11.0. The standard InChI is InChI=1S/C11H13Cl2N3O4/c1-11(15,10(14)17)2-3-20-9-7(12)4-6(16(18)19)5-8(9)13/h4-5H,2-3,15H2,1H3,(H2,14,17). The Morgan fingerprint density at radius 3 is 2.35 bits per heavy atom. The van der Waals surface area contributed by atoms with Crippen molar-refractivity contribution in [3.63, 3.8) is 0 Å². The minimum absolute atomic E-state index is 0.00185. The van der Waals surface area contributed by atoms with E-state index in [2.05, 4.69) is 0 Å². The van der Waals surface area contributed by atoms with E-state index in [1.165, 1.54) is 6.92 Å². The summed E-state index contributed by atoms with van der Waals surface area (Å²) in [6.07, 6.45) is 0.145. The summed E-state index contributed by atoms with van der Waals surface area (Å²) in [6.45, 7) is 1.50. The average Bonchev–Trinajstić information content (AvgIpc) is 2.31. The summed E-state index contributed by atoms with van der Waals surface area (Å²) in [5.41, 5.74) is 9.30. The van der Waals surface area contributed by atoms with Gasteiger partial charge in [-0.1, -0.05) is 23.2 Å². The fourth-order valence-electron chi connectivity index (χ4n) is 1.28. The monoisotopic (exact) mass is 321 g/mol. The largest absolute Gasteiger partial charge is 0.490 e. The zero-order valence-electron chi connectivity index (χ0n) is 10.6. The van der Waals surface area contributed by atoms with Gasteiger partial charge in [0, 0.05) is 18.6 Å². The van der Waals surface area contributed by atoms with Gasteiger partial charge in [-0.05, 0) is 6.92 Å². The van der Waals surface area contributed by atoms with Crippen LogP contribution in [0.15, 0.2) is 12.1 Å². The number of nitrogens with two attached hydrogens (primary N) is 2. The SMILES string of the molecule is CC(N)(CCOc1c(Cl)cc([N+](=O)[O-])cc1Cl)C(N)=O. The highest BCUT2D eigenvalue weighted by atomic mass is 35.5. The topological polar surface area (TPSA) is 121 Å². The number of nitro groups is 1. The van der Waals surface area contributed by atoms with Crippen molar-refractivity contribution in [3.05, 3.63) is 32.3 Å². The van der Waals surface area contributed by atoms with Gasteiger partial charge in [0.05, 0.1) is 27.1 Å². The van der Waals surface area contributed by atoms with Crippen molar-refractivity contribution < 1.29 is 14.5 Å². The lowest BCUT2D eigenvalue weighted by atomic mass is 9.99. The molecule has 0 aliphatic carbocycles. The molecule has 0 fully saturated rings. The molecule has 9 heteroatoms. The number of primary amides is 1. The number of benzene rings is 1. The number of carbonyl (C=O) groups is 1. The number of rotatable bonds is 6. The van der Waals surface area contributed by atoms with Crippen LogP contribution in [0.4, 0.5) is 5.69 Å². The lowest BCUT2D eigenvalue weighted by Gasteiger charge is -2.20. The Labute approximate surface area is 124 Å². The second kappa shape index (κ2) is 6.25. The Hall–Kier alpha value is -1.57. The molecule has 0 bridgehead atoms. The molecule has 1 amide bonds. The first-order valence-electron chi connectivity index (χ1n) is 5.50. The van der Waals surface area contributed by atoms with Crippen molar-refractivity contribution in [2.75, 3.05) is 6.61 Å². The lowest BCUT2D eigenvalue weighted by Crippen LogP contribution is -2.50. The van der Waals surface area contributed by atoms with Gasteiger partial charge in [-0.3, -0.25) is 14.9 Å². The number of hydrogen-bond donors (Lipinski definition) is 2. The molecule has 7 nitrogen and oxygen atoms in total. The van der Waals surface area contributed by atoms with Crippen LogP contribution in [0.1, 0.15) is 13.3 Å². The number of ether oxygens (including phenoxy) is 1. The highest BCUT2D eigenvalue weighted by Gasteiger charge is 2.26. The lowest BCUT2D eigenvalue weighted by molar-refractivity contribution is -0.384. The minimum Gasteiger partial charge on any atom is -0.490 e. The highest BCUT2D eigenvalue weighted by molar-refractivity contribution is 6.37. The molecule has 0 aliphatic heterocycles. The molecule has 0 saturated heterocycles. The smallest absolute Gasteiger partial charge is 0.272 e. The number of hydrogen-bond acceptors (Lipinski definition) is 5. The molecule has 1 aromatic rings. The maximum Gasteiger partial charge on any atom is 0.272 e. The second-order valence-corrected chi connectivity index (χ2v) is 5.19. The maximum atomic E-state index is 11.0. The normalized spacial score (nSPS) is 13.6. The summed E-state index contributed by atoms with van der Waals surface area (Å²) in [4.78, 5) is 21.0. The van der Waals surface area contributed by atoms with Crippen molar-refractivity contribution in [1.82, 2.24) is 0 Å². The summed E-state index contributed by atoms with van der Waals surface area (Å²) in [5, 5.41) is 10.6. The summed E-state index contributed by atoms with van der Waals surface area (Å²) in [7, 11) is 0. The number of nitrogens with zero attached hydrogens (tertiary/aromatic N) is 1. The van der Waals surface area contributed by atoms with E-state index in [1.807, 2.05) is 0 Å². The van der Waals surface area contributed by atoms with Crippen LogP contribution in [0.25, 0.3) is 0 Å². The first kappa shape index (κ1) is 16.5. The molecule has 110 valence electrons. The van der Waals surface area contributed by atoms with Gasteiger partial charge in [-0.15, -0.1) is 0 Å². The van der Waals surface area contributed by atoms with E-state index in [0.717, 1.165) is 12.1 Å². The Morgan fingerprint density at radius 2 is 1.95 bits per heavy atom. The van der Waals surface area contributed by atoms with E-state index in [9.17, 15) is 14.9 Å². The van der Waals surface area contributed by atoms with Crippen LogP contribution < -0.4 is 16.2 Å². The molecule has 0 radical (unpaired) electrons. The zero-order valence-corrected chi connectivity index (χ0v) is 12.1. The number of carbonyl (C=O) groups excluding carboxylic acids is 1. The highest BCUT2D eigenvalue weighted by Crippen LogP contribution is 2.36. The summed E-state index contributed by atoms with van der Waals surface area (Å²) in [5.74, 6) is -0.568. The van der Waals surface area contributed by atoms with Crippen molar-refractivity contribution >= 4 is 34.8 Å². The Morgan fingerprint density at radius 1 is 1.45 bits per heavy atom. The van der Waals surface area contributed by atoms with E-state index >= 15 is 0 Å². The van der Waals surface area contributed by atoms with Crippen molar-refractivity contribution in [2.24, 2.45) is 11.5 Å². The molecule has 1 aromatic carbocycles. The molecule has 1 unspecified atom stereocenters. The molecule has 0 heterocycles. The quantitative estimate of drug-likeness (QED) is 0.611. The average molecular weight is 322 g/mol. The predicted octanol–water partition coefficient (Wildman–Crippen LogP) is 1.87. The molecule has 20 heavy (non-hydrogen) atoms. The molecule has 0 aromatic heterocycles. The minimum atomic E-state index is -1.22. The van der Waals surface area contributed by atoms with Gasteiger partial charge >= 0.3 is 0 Å². The molecule has 0 saturated carbocycles. The Kier molecular flexibility index (Phi) is 5.15. The van der Waals surface area contributed by atoms with Crippen LogP contribution in [-0.4, -0.2) is 23.0 Å². The number of nitro benzene ring substituents is 1. The van der Waals surface area contributed by atoms with Gasteiger partial charge in [0.1, 0.15) is 0 Å². The third kappa shape index (κ3) is 3.96. The van der Waals surface area contributed by atoms with Crippen molar-refractivity contribution in [1.29, 1.82) is 0 Å².